The molecule has 126 valence electrons. The Kier molecular flexibility index (Phi) is 4.29. The highest BCUT2D eigenvalue weighted by Crippen LogP contribution is 2.36. The zero-order valence-corrected chi connectivity index (χ0v) is 14.5. The van der Waals surface area contributed by atoms with E-state index in [-0.39, 0.29) is 12.0 Å². The molecule has 0 fully saturated rings. The summed E-state index contributed by atoms with van der Waals surface area (Å²) in [6, 6.07) is 14.4. The highest BCUT2D eigenvalue weighted by atomic mass is 35.5. The summed E-state index contributed by atoms with van der Waals surface area (Å²) in [5.41, 5.74) is 1.13. The SMILES string of the molecule is O=C(Nc1nc(C2COc3ccccc3O2)cs1)c1ccccc1Cl. The van der Waals surface area contributed by atoms with Crippen LogP contribution >= 0.6 is 22.9 Å². The van der Waals surface area contributed by atoms with Crippen molar-refractivity contribution < 1.29 is 14.3 Å². The second-order valence-corrected chi connectivity index (χ2v) is 6.64. The maximum atomic E-state index is 12.3. The maximum Gasteiger partial charge on any atom is 0.258 e. The molecule has 0 saturated carbocycles. The van der Waals surface area contributed by atoms with Crippen molar-refractivity contribution in [2.75, 3.05) is 11.9 Å². The van der Waals surface area contributed by atoms with E-state index in [1.165, 1.54) is 11.3 Å². The van der Waals surface area contributed by atoms with Gasteiger partial charge in [0.05, 0.1) is 16.3 Å². The second kappa shape index (κ2) is 6.74. The van der Waals surface area contributed by atoms with Crippen molar-refractivity contribution in [2.24, 2.45) is 0 Å². The number of rotatable bonds is 3. The van der Waals surface area contributed by atoms with Gasteiger partial charge < -0.3 is 9.47 Å². The first-order valence-corrected chi connectivity index (χ1v) is 8.86. The molecule has 0 bridgehead atoms. The van der Waals surface area contributed by atoms with Crippen LogP contribution in [0.2, 0.25) is 5.02 Å². The highest BCUT2D eigenvalue weighted by molar-refractivity contribution is 7.14. The number of hydrogen-bond acceptors (Lipinski definition) is 5. The Bertz CT molecular complexity index is 928. The summed E-state index contributed by atoms with van der Waals surface area (Å²) in [6.07, 6.45) is -0.308. The van der Waals surface area contributed by atoms with Crippen LogP contribution in [-0.4, -0.2) is 17.5 Å². The number of para-hydroxylation sites is 2. The third-order valence-corrected chi connectivity index (χ3v) is 4.80. The number of benzene rings is 2. The minimum absolute atomic E-state index is 0.294. The zero-order valence-electron chi connectivity index (χ0n) is 12.9. The van der Waals surface area contributed by atoms with Gasteiger partial charge in [-0.15, -0.1) is 11.3 Å². The first kappa shape index (κ1) is 15.9. The molecule has 4 rings (SSSR count). The number of aromatic nitrogens is 1. The lowest BCUT2D eigenvalue weighted by Gasteiger charge is -2.25. The summed E-state index contributed by atoms with van der Waals surface area (Å²) in [5.74, 6) is 1.12. The van der Waals surface area contributed by atoms with Gasteiger partial charge in [0.15, 0.2) is 22.7 Å². The van der Waals surface area contributed by atoms with Gasteiger partial charge in [0.2, 0.25) is 0 Å². The molecule has 1 atom stereocenters. The Morgan fingerprint density at radius 2 is 1.92 bits per heavy atom. The van der Waals surface area contributed by atoms with E-state index in [0.717, 1.165) is 5.75 Å². The number of anilines is 1. The van der Waals surface area contributed by atoms with Crippen molar-refractivity contribution in [3.63, 3.8) is 0 Å². The van der Waals surface area contributed by atoms with Crippen LogP contribution in [0.25, 0.3) is 0 Å². The molecule has 25 heavy (non-hydrogen) atoms. The molecule has 1 aliphatic heterocycles. The van der Waals surface area contributed by atoms with Gasteiger partial charge in [-0.1, -0.05) is 35.9 Å². The number of fused-ring (bicyclic) bond motifs is 1. The van der Waals surface area contributed by atoms with Crippen molar-refractivity contribution in [1.82, 2.24) is 4.98 Å². The maximum absolute atomic E-state index is 12.3. The molecule has 1 unspecified atom stereocenters. The highest BCUT2D eigenvalue weighted by Gasteiger charge is 2.25. The molecule has 2 aromatic carbocycles. The fourth-order valence-corrected chi connectivity index (χ4v) is 3.43. The summed E-state index contributed by atoms with van der Waals surface area (Å²) in [5, 5.41) is 5.51. The predicted octanol–water partition coefficient (Wildman–Crippen LogP) is 4.56. The van der Waals surface area contributed by atoms with E-state index in [1.807, 2.05) is 29.6 Å². The molecule has 0 aliphatic carbocycles. The Morgan fingerprint density at radius 1 is 1.16 bits per heavy atom. The van der Waals surface area contributed by atoms with Gasteiger partial charge in [0.25, 0.3) is 5.91 Å². The monoisotopic (exact) mass is 372 g/mol. The third-order valence-electron chi connectivity index (χ3n) is 3.70. The van der Waals surface area contributed by atoms with Crippen LogP contribution in [0.1, 0.15) is 22.2 Å². The van der Waals surface area contributed by atoms with Crippen molar-refractivity contribution >= 4 is 34.0 Å². The minimum Gasteiger partial charge on any atom is -0.485 e. The lowest BCUT2D eigenvalue weighted by molar-refractivity contribution is 0.0888. The van der Waals surface area contributed by atoms with E-state index >= 15 is 0 Å². The molecule has 7 heteroatoms. The molecular formula is C18H13ClN2O3S. The third kappa shape index (κ3) is 3.31. The van der Waals surface area contributed by atoms with Crippen molar-refractivity contribution in [3.05, 3.63) is 70.2 Å². The van der Waals surface area contributed by atoms with Crippen LogP contribution in [-0.2, 0) is 0 Å². The summed E-state index contributed by atoms with van der Waals surface area (Å²) < 4.78 is 11.6. The van der Waals surface area contributed by atoms with Crippen molar-refractivity contribution in [1.29, 1.82) is 0 Å². The molecule has 1 aromatic heterocycles. The first-order chi connectivity index (χ1) is 12.2. The zero-order chi connectivity index (χ0) is 17.2. The normalized spacial score (nSPS) is 15.6. The molecule has 0 spiro atoms. The van der Waals surface area contributed by atoms with Crippen LogP contribution in [0, 0.1) is 0 Å². The van der Waals surface area contributed by atoms with Gasteiger partial charge in [-0.05, 0) is 24.3 Å². The largest absolute Gasteiger partial charge is 0.485 e. The molecule has 0 radical (unpaired) electrons. The van der Waals surface area contributed by atoms with E-state index in [4.69, 9.17) is 21.1 Å². The average molecular weight is 373 g/mol. The van der Waals surface area contributed by atoms with Gasteiger partial charge in [0, 0.05) is 5.38 Å². The number of hydrogen-bond donors (Lipinski definition) is 1. The van der Waals surface area contributed by atoms with Crippen molar-refractivity contribution in [2.45, 2.75) is 6.10 Å². The lowest BCUT2D eigenvalue weighted by Crippen LogP contribution is -2.22. The van der Waals surface area contributed by atoms with Crippen LogP contribution in [0.15, 0.2) is 53.9 Å². The van der Waals surface area contributed by atoms with Gasteiger partial charge in [-0.25, -0.2) is 4.98 Å². The molecular weight excluding hydrogens is 360 g/mol. The summed E-state index contributed by atoms with van der Waals surface area (Å²) in [7, 11) is 0. The quantitative estimate of drug-likeness (QED) is 0.732. The molecule has 2 heterocycles. The van der Waals surface area contributed by atoms with Gasteiger partial charge in [-0.3, -0.25) is 10.1 Å². The molecule has 1 N–H and O–H groups in total. The lowest BCUT2D eigenvalue weighted by atomic mass is 10.2. The molecule has 5 nitrogen and oxygen atoms in total. The van der Waals surface area contributed by atoms with Gasteiger partial charge >= 0.3 is 0 Å². The number of nitrogens with one attached hydrogen (secondary N) is 1. The molecule has 0 saturated heterocycles. The van der Waals surface area contributed by atoms with Gasteiger partial charge in [0.1, 0.15) is 6.61 Å². The fraction of sp³-hybridized carbons (Fsp3) is 0.111. The molecule has 3 aromatic rings. The predicted molar refractivity (Wildman–Crippen MR) is 96.8 cm³/mol. The topological polar surface area (TPSA) is 60.5 Å². The van der Waals surface area contributed by atoms with Crippen LogP contribution < -0.4 is 14.8 Å². The van der Waals surface area contributed by atoms with Gasteiger partial charge in [-0.2, -0.15) is 0 Å². The van der Waals surface area contributed by atoms with E-state index in [2.05, 4.69) is 10.3 Å². The Hall–Kier alpha value is -2.57. The van der Waals surface area contributed by atoms with Crippen LogP contribution in [0.4, 0.5) is 5.13 Å². The Balaban J connectivity index is 1.48. The van der Waals surface area contributed by atoms with Crippen LogP contribution in [0.3, 0.4) is 0 Å². The number of ether oxygens (including phenoxy) is 2. The van der Waals surface area contributed by atoms with E-state index in [0.29, 0.717) is 33.8 Å². The Labute approximate surface area is 153 Å². The standard InChI is InChI=1S/C18H13ClN2O3S/c19-12-6-2-1-5-11(12)17(22)21-18-20-13(10-25-18)16-9-23-14-7-3-4-8-15(14)24-16/h1-8,10,16H,9H2,(H,20,21,22). The molecule has 1 aliphatic rings. The number of carbonyl (C=O) groups excluding carboxylic acids is 1. The van der Waals surface area contributed by atoms with E-state index in [1.54, 1.807) is 24.3 Å². The average Bonchev–Trinajstić information content (AvgIpc) is 3.10. The molecule has 1 amide bonds. The van der Waals surface area contributed by atoms with E-state index < -0.39 is 0 Å². The number of thiazole rings is 1. The van der Waals surface area contributed by atoms with Crippen molar-refractivity contribution in [3.8, 4) is 11.5 Å². The summed E-state index contributed by atoms with van der Waals surface area (Å²) >= 11 is 7.38. The number of carbonyl (C=O) groups is 1. The number of amides is 1. The summed E-state index contributed by atoms with van der Waals surface area (Å²) in [6.45, 7) is 0.374. The van der Waals surface area contributed by atoms with E-state index in [9.17, 15) is 4.79 Å². The Morgan fingerprint density at radius 3 is 2.76 bits per heavy atom. The smallest absolute Gasteiger partial charge is 0.258 e. The number of halogens is 1. The minimum atomic E-state index is -0.308. The first-order valence-electron chi connectivity index (χ1n) is 7.60. The second-order valence-electron chi connectivity index (χ2n) is 5.38. The van der Waals surface area contributed by atoms with Crippen LogP contribution in [0.5, 0.6) is 11.5 Å². The fourth-order valence-electron chi connectivity index (χ4n) is 2.47. The number of nitrogens with zero attached hydrogens (tertiary/aromatic N) is 1. The summed E-state index contributed by atoms with van der Waals surface area (Å²) in [4.78, 5) is 16.7.